The van der Waals surface area contributed by atoms with E-state index < -0.39 is 5.97 Å². The number of nitrogens with zero attached hydrogens (tertiary/aromatic N) is 1. The predicted octanol–water partition coefficient (Wildman–Crippen LogP) is 5.98. The van der Waals surface area contributed by atoms with E-state index >= 15 is 0 Å². The highest BCUT2D eigenvalue weighted by molar-refractivity contribution is 5.84. The molecule has 168 valence electrons. The summed E-state index contributed by atoms with van der Waals surface area (Å²) in [5.74, 6) is 1.05. The Bertz CT molecular complexity index is 924. The molecule has 0 radical (unpaired) electrons. The Balaban J connectivity index is 1.37. The van der Waals surface area contributed by atoms with Gasteiger partial charge < -0.3 is 9.84 Å². The average Bonchev–Trinajstić information content (AvgIpc) is 3.08. The van der Waals surface area contributed by atoms with Crippen molar-refractivity contribution in [3.05, 3.63) is 42.0 Å². The largest absolute Gasteiger partial charge is 0.490 e. The molecule has 1 aliphatic carbocycles. The molecular formula is C27H37NO3. The fourth-order valence-electron chi connectivity index (χ4n) is 5.46. The third-order valence-corrected chi connectivity index (χ3v) is 7.49. The number of fused-ring (bicyclic) bond motifs is 1. The van der Waals surface area contributed by atoms with Gasteiger partial charge in [-0.1, -0.05) is 45.9 Å². The SMILES string of the molecule is C[C@H]1CN(Cc2ccc3cc(OC4CCC(C(C)(C)C)CC4)ccc3c2)C[C@@H]1C(=O)O. The van der Waals surface area contributed by atoms with Crippen LogP contribution >= 0.6 is 0 Å². The second-order valence-corrected chi connectivity index (χ2v) is 10.9. The molecule has 0 amide bonds. The van der Waals surface area contributed by atoms with Gasteiger partial charge >= 0.3 is 5.97 Å². The molecule has 2 aromatic rings. The molecule has 1 saturated carbocycles. The van der Waals surface area contributed by atoms with Gasteiger partial charge in [0.2, 0.25) is 0 Å². The van der Waals surface area contributed by atoms with Crippen LogP contribution in [0.25, 0.3) is 10.8 Å². The van der Waals surface area contributed by atoms with E-state index in [-0.39, 0.29) is 11.8 Å². The number of carboxylic acid groups (broad SMARTS) is 1. The zero-order valence-electron chi connectivity index (χ0n) is 19.4. The zero-order chi connectivity index (χ0) is 22.2. The van der Waals surface area contributed by atoms with Crippen molar-refractivity contribution in [2.45, 2.75) is 66.0 Å². The van der Waals surface area contributed by atoms with Gasteiger partial charge in [-0.15, -0.1) is 0 Å². The smallest absolute Gasteiger partial charge is 0.308 e. The first-order chi connectivity index (χ1) is 14.7. The summed E-state index contributed by atoms with van der Waals surface area (Å²) in [5.41, 5.74) is 1.63. The average molecular weight is 424 g/mol. The number of hydrogen-bond acceptors (Lipinski definition) is 3. The van der Waals surface area contributed by atoms with E-state index in [1.54, 1.807) is 0 Å². The molecule has 0 spiro atoms. The number of carbonyl (C=O) groups is 1. The molecule has 2 fully saturated rings. The summed E-state index contributed by atoms with van der Waals surface area (Å²) in [6, 6.07) is 13.0. The van der Waals surface area contributed by atoms with E-state index in [0.29, 0.717) is 18.1 Å². The molecular weight excluding hydrogens is 386 g/mol. The number of rotatable bonds is 5. The number of benzene rings is 2. The Morgan fingerprint density at radius 2 is 1.71 bits per heavy atom. The van der Waals surface area contributed by atoms with Gasteiger partial charge in [0.15, 0.2) is 0 Å². The second kappa shape index (κ2) is 8.82. The van der Waals surface area contributed by atoms with Crippen LogP contribution in [0.15, 0.2) is 36.4 Å². The van der Waals surface area contributed by atoms with Crippen molar-refractivity contribution >= 4 is 16.7 Å². The molecule has 4 heteroatoms. The lowest BCUT2D eigenvalue weighted by atomic mass is 9.72. The summed E-state index contributed by atoms with van der Waals surface area (Å²) in [6.45, 7) is 11.4. The molecule has 1 aliphatic heterocycles. The highest BCUT2D eigenvalue weighted by Gasteiger charge is 2.34. The lowest BCUT2D eigenvalue weighted by Gasteiger charge is -2.37. The Kier molecular flexibility index (Phi) is 6.30. The van der Waals surface area contributed by atoms with E-state index in [1.165, 1.54) is 29.2 Å². The van der Waals surface area contributed by atoms with E-state index in [4.69, 9.17) is 4.74 Å². The Hall–Kier alpha value is -2.07. The number of aliphatic carboxylic acids is 1. The molecule has 31 heavy (non-hydrogen) atoms. The number of likely N-dealkylation sites (tertiary alicyclic amines) is 1. The summed E-state index contributed by atoms with van der Waals surface area (Å²) >= 11 is 0. The van der Waals surface area contributed by atoms with Crippen molar-refractivity contribution in [1.29, 1.82) is 0 Å². The Morgan fingerprint density at radius 3 is 2.35 bits per heavy atom. The first-order valence-corrected chi connectivity index (χ1v) is 11.8. The van der Waals surface area contributed by atoms with Gasteiger partial charge in [-0.3, -0.25) is 9.69 Å². The third kappa shape index (κ3) is 5.23. The maximum absolute atomic E-state index is 11.4. The third-order valence-electron chi connectivity index (χ3n) is 7.49. The second-order valence-electron chi connectivity index (χ2n) is 10.9. The van der Waals surface area contributed by atoms with Crippen molar-refractivity contribution in [3.63, 3.8) is 0 Å². The van der Waals surface area contributed by atoms with Gasteiger partial charge in [0, 0.05) is 19.6 Å². The predicted molar refractivity (Wildman–Crippen MR) is 125 cm³/mol. The lowest BCUT2D eigenvalue weighted by Crippen LogP contribution is -2.30. The normalized spacial score (nSPS) is 27.5. The van der Waals surface area contributed by atoms with Gasteiger partial charge in [-0.05, 0) is 77.5 Å². The standard InChI is InChI=1S/C27H37NO3/c1-18-15-28(17-25(18)26(29)30)16-19-5-6-21-14-24(10-7-20(21)13-19)31-23-11-8-22(9-12-23)27(2,3)4/h5-7,10,13-14,18,22-23,25H,8-9,11-12,15-17H2,1-4H3,(H,29,30)/t18-,22?,23?,25-/m0/s1. The van der Waals surface area contributed by atoms with Gasteiger partial charge in [-0.2, -0.15) is 0 Å². The quantitative estimate of drug-likeness (QED) is 0.643. The van der Waals surface area contributed by atoms with E-state index in [1.807, 2.05) is 6.92 Å². The van der Waals surface area contributed by atoms with Gasteiger partial charge in [0.25, 0.3) is 0 Å². The van der Waals surface area contributed by atoms with Crippen LogP contribution in [-0.4, -0.2) is 35.2 Å². The van der Waals surface area contributed by atoms with Crippen LogP contribution in [0.3, 0.4) is 0 Å². The molecule has 2 aromatic carbocycles. The summed E-state index contributed by atoms with van der Waals surface area (Å²) < 4.78 is 6.34. The minimum absolute atomic E-state index is 0.205. The summed E-state index contributed by atoms with van der Waals surface area (Å²) in [4.78, 5) is 13.6. The summed E-state index contributed by atoms with van der Waals surface area (Å²) in [5, 5.41) is 11.8. The first kappa shape index (κ1) is 22.1. The first-order valence-electron chi connectivity index (χ1n) is 11.8. The van der Waals surface area contributed by atoms with Crippen LogP contribution in [0.4, 0.5) is 0 Å². The summed E-state index contributed by atoms with van der Waals surface area (Å²) in [7, 11) is 0. The van der Waals surface area contributed by atoms with Crippen LogP contribution in [0, 0.1) is 23.2 Å². The van der Waals surface area contributed by atoms with E-state index in [2.05, 4.69) is 62.1 Å². The minimum atomic E-state index is -0.673. The van der Waals surface area contributed by atoms with Gasteiger partial charge in [-0.25, -0.2) is 0 Å². The lowest BCUT2D eigenvalue weighted by molar-refractivity contribution is -0.142. The van der Waals surface area contributed by atoms with E-state index in [0.717, 1.165) is 37.6 Å². The van der Waals surface area contributed by atoms with Crippen LogP contribution in [0.1, 0.15) is 58.9 Å². The molecule has 0 unspecified atom stereocenters. The highest BCUT2D eigenvalue weighted by Crippen LogP contribution is 2.39. The van der Waals surface area contributed by atoms with Crippen molar-refractivity contribution in [2.24, 2.45) is 23.2 Å². The number of ether oxygens (including phenoxy) is 1. The van der Waals surface area contributed by atoms with Crippen LogP contribution in [0.5, 0.6) is 5.75 Å². The van der Waals surface area contributed by atoms with Gasteiger partial charge in [0.05, 0.1) is 12.0 Å². The monoisotopic (exact) mass is 423 g/mol. The van der Waals surface area contributed by atoms with Gasteiger partial charge in [0.1, 0.15) is 5.75 Å². The van der Waals surface area contributed by atoms with Crippen molar-refractivity contribution in [2.75, 3.05) is 13.1 Å². The highest BCUT2D eigenvalue weighted by atomic mass is 16.5. The van der Waals surface area contributed by atoms with Crippen LogP contribution < -0.4 is 4.74 Å². The topological polar surface area (TPSA) is 49.8 Å². The van der Waals surface area contributed by atoms with Crippen molar-refractivity contribution in [1.82, 2.24) is 4.90 Å². The fourth-order valence-corrected chi connectivity index (χ4v) is 5.46. The molecule has 1 heterocycles. The number of carboxylic acids is 1. The maximum atomic E-state index is 11.4. The maximum Gasteiger partial charge on any atom is 0.308 e. The van der Waals surface area contributed by atoms with E-state index in [9.17, 15) is 9.90 Å². The molecule has 0 bridgehead atoms. The van der Waals surface area contributed by atoms with Crippen molar-refractivity contribution in [3.8, 4) is 5.75 Å². The van der Waals surface area contributed by atoms with Crippen LogP contribution in [0.2, 0.25) is 0 Å². The molecule has 2 atom stereocenters. The zero-order valence-corrected chi connectivity index (χ0v) is 19.4. The summed E-state index contributed by atoms with van der Waals surface area (Å²) in [6.07, 6.45) is 5.12. The fraction of sp³-hybridized carbons (Fsp3) is 0.593. The Labute approximate surface area is 186 Å². The molecule has 0 aromatic heterocycles. The molecule has 1 saturated heterocycles. The molecule has 4 rings (SSSR count). The molecule has 1 N–H and O–H groups in total. The molecule has 2 aliphatic rings. The minimum Gasteiger partial charge on any atom is -0.490 e. The van der Waals surface area contributed by atoms with Crippen molar-refractivity contribution < 1.29 is 14.6 Å². The molecule has 4 nitrogen and oxygen atoms in total. The van der Waals surface area contributed by atoms with Crippen LogP contribution in [-0.2, 0) is 11.3 Å². The Morgan fingerprint density at radius 1 is 1.03 bits per heavy atom. The number of hydrogen-bond donors (Lipinski definition) is 1.